The summed E-state index contributed by atoms with van der Waals surface area (Å²) in [4.78, 5) is 24.6. The minimum atomic E-state index is -0.495. The van der Waals surface area contributed by atoms with Crippen molar-refractivity contribution in [1.29, 1.82) is 0 Å². The molecular formula is C15H19N3O5. The maximum absolute atomic E-state index is 12.0. The van der Waals surface area contributed by atoms with Gasteiger partial charge in [0.05, 0.1) is 12.6 Å². The lowest BCUT2D eigenvalue weighted by molar-refractivity contribution is -0.129. The number of carbonyl (C=O) groups is 2. The van der Waals surface area contributed by atoms with Gasteiger partial charge >= 0.3 is 6.03 Å². The van der Waals surface area contributed by atoms with Gasteiger partial charge in [0.1, 0.15) is 11.5 Å². The maximum atomic E-state index is 12.0. The number of aromatic hydroxyl groups is 2. The molecule has 1 aromatic carbocycles. The number of phenols is 2. The van der Waals surface area contributed by atoms with Crippen molar-refractivity contribution in [2.24, 2.45) is 0 Å². The summed E-state index contributed by atoms with van der Waals surface area (Å²) >= 11 is 0. The van der Waals surface area contributed by atoms with Crippen LogP contribution in [-0.4, -0.2) is 38.3 Å². The summed E-state index contributed by atoms with van der Waals surface area (Å²) in [7, 11) is 0. The van der Waals surface area contributed by atoms with E-state index in [2.05, 4.69) is 11.9 Å². The number of urea groups is 1. The summed E-state index contributed by atoms with van der Waals surface area (Å²) < 4.78 is 0. The fourth-order valence-electron chi connectivity index (χ4n) is 2.53. The second-order valence-electron chi connectivity index (χ2n) is 5.34. The highest BCUT2D eigenvalue weighted by Crippen LogP contribution is 2.28. The molecule has 0 spiro atoms. The molecule has 1 aromatic rings. The van der Waals surface area contributed by atoms with Gasteiger partial charge in [-0.2, -0.15) is 0 Å². The summed E-state index contributed by atoms with van der Waals surface area (Å²) in [5.74, 6) is -0.524. The Morgan fingerprint density at radius 2 is 2.13 bits per heavy atom. The molecule has 0 radical (unpaired) electrons. The molecule has 1 unspecified atom stereocenters. The fourth-order valence-corrected chi connectivity index (χ4v) is 2.53. The number of rotatable bonds is 6. The van der Waals surface area contributed by atoms with E-state index >= 15 is 0 Å². The average Bonchev–Trinajstić information content (AvgIpc) is 2.77. The van der Waals surface area contributed by atoms with E-state index in [1.165, 1.54) is 23.1 Å². The highest BCUT2D eigenvalue weighted by Gasteiger charge is 2.34. The van der Waals surface area contributed by atoms with Crippen LogP contribution in [0.4, 0.5) is 4.79 Å². The van der Waals surface area contributed by atoms with Crippen LogP contribution in [-0.2, 0) is 11.3 Å². The molecule has 5 N–H and O–H groups in total. The van der Waals surface area contributed by atoms with E-state index in [-0.39, 0.29) is 36.5 Å². The van der Waals surface area contributed by atoms with E-state index in [4.69, 9.17) is 5.21 Å². The first-order valence-corrected chi connectivity index (χ1v) is 7.12. The predicted molar refractivity (Wildman–Crippen MR) is 80.6 cm³/mol. The quantitative estimate of drug-likeness (QED) is 0.306. The smallest absolute Gasteiger partial charge is 0.322 e. The molecule has 1 aliphatic heterocycles. The molecule has 3 amide bonds. The first kappa shape index (κ1) is 16.6. The Kier molecular flexibility index (Phi) is 5.07. The van der Waals surface area contributed by atoms with Gasteiger partial charge in [0.2, 0.25) is 5.91 Å². The first-order chi connectivity index (χ1) is 10.9. The van der Waals surface area contributed by atoms with Crippen LogP contribution in [0, 0.1) is 0 Å². The Bertz CT molecular complexity index is 632. The molecule has 1 aliphatic rings. The van der Waals surface area contributed by atoms with Gasteiger partial charge in [-0.25, -0.2) is 10.3 Å². The lowest BCUT2D eigenvalue weighted by atomic mass is 10.1. The Balaban J connectivity index is 2.07. The number of phenolic OH excluding ortho intramolecular Hbond substituents is 2. The lowest BCUT2D eigenvalue weighted by Gasteiger charge is -2.23. The van der Waals surface area contributed by atoms with Crippen LogP contribution in [0.25, 0.3) is 0 Å². The number of hydrogen-bond acceptors (Lipinski definition) is 5. The minimum absolute atomic E-state index is 0.00704. The van der Waals surface area contributed by atoms with Crippen molar-refractivity contribution < 1.29 is 25.0 Å². The molecule has 1 heterocycles. The normalized spacial score (nSPS) is 17.3. The van der Waals surface area contributed by atoms with Crippen LogP contribution in [0.15, 0.2) is 30.5 Å². The highest BCUT2D eigenvalue weighted by atomic mass is 16.5. The molecule has 23 heavy (non-hydrogen) atoms. The van der Waals surface area contributed by atoms with Crippen LogP contribution in [0.2, 0.25) is 0 Å². The van der Waals surface area contributed by atoms with Gasteiger partial charge in [-0.1, -0.05) is 6.58 Å². The van der Waals surface area contributed by atoms with Crippen LogP contribution in [0.5, 0.6) is 11.5 Å². The van der Waals surface area contributed by atoms with Crippen LogP contribution >= 0.6 is 0 Å². The van der Waals surface area contributed by atoms with Crippen LogP contribution < -0.4 is 10.8 Å². The average molecular weight is 321 g/mol. The molecule has 0 bridgehead atoms. The Morgan fingerprint density at radius 3 is 2.83 bits per heavy atom. The third-order valence-corrected chi connectivity index (χ3v) is 3.72. The van der Waals surface area contributed by atoms with Crippen molar-refractivity contribution >= 4 is 11.9 Å². The van der Waals surface area contributed by atoms with Gasteiger partial charge in [-0.05, 0) is 31.0 Å². The van der Waals surface area contributed by atoms with E-state index in [1.807, 2.05) is 0 Å². The number of nitrogens with zero attached hydrogens (tertiary/aromatic N) is 1. The number of amides is 3. The molecule has 1 atom stereocenters. The van der Waals surface area contributed by atoms with Gasteiger partial charge in [-0.15, -0.1) is 0 Å². The molecule has 2 rings (SSSR count). The number of nitrogens with one attached hydrogen (secondary N) is 2. The summed E-state index contributed by atoms with van der Waals surface area (Å²) in [6, 6.07) is 3.41. The topological polar surface area (TPSA) is 122 Å². The molecule has 0 aromatic heterocycles. The van der Waals surface area contributed by atoms with Crippen LogP contribution in [0.1, 0.15) is 24.8 Å². The van der Waals surface area contributed by atoms with Gasteiger partial charge in [0.25, 0.3) is 0 Å². The molecule has 0 saturated carbocycles. The number of hydrogen-bond donors (Lipinski definition) is 5. The Labute approximate surface area is 133 Å². The summed E-state index contributed by atoms with van der Waals surface area (Å²) in [6.07, 6.45) is 1.05. The van der Waals surface area contributed by atoms with E-state index in [0.717, 1.165) is 0 Å². The molecule has 0 aliphatic carbocycles. The minimum Gasteiger partial charge on any atom is -0.508 e. The summed E-state index contributed by atoms with van der Waals surface area (Å²) in [5, 5.41) is 30.5. The van der Waals surface area contributed by atoms with E-state index < -0.39 is 5.91 Å². The Morgan fingerprint density at radius 1 is 1.39 bits per heavy atom. The summed E-state index contributed by atoms with van der Waals surface area (Å²) in [6.45, 7) is 3.90. The van der Waals surface area contributed by atoms with Crippen molar-refractivity contribution in [3.63, 3.8) is 0 Å². The SMILES string of the molecule is C=C1NC(=O)N(Cc2cc(O)ccc2O)C1CCCC(=O)NO. The molecule has 8 heteroatoms. The second kappa shape index (κ2) is 7.01. The summed E-state index contributed by atoms with van der Waals surface area (Å²) in [5.41, 5.74) is 2.48. The van der Waals surface area contributed by atoms with Crippen molar-refractivity contribution in [2.45, 2.75) is 31.8 Å². The third kappa shape index (κ3) is 3.92. The van der Waals surface area contributed by atoms with Crippen molar-refractivity contribution in [2.75, 3.05) is 0 Å². The monoisotopic (exact) mass is 321 g/mol. The Hall–Kier alpha value is -2.74. The van der Waals surface area contributed by atoms with Crippen LogP contribution in [0.3, 0.4) is 0 Å². The lowest BCUT2D eigenvalue weighted by Crippen LogP contribution is -2.33. The van der Waals surface area contributed by atoms with Gasteiger partial charge in [0.15, 0.2) is 0 Å². The number of hydroxylamine groups is 1. The maximum Gasteiger partial charge on any atom is 0.322 e. The second-order valence-corrected chi connectivity index (χ2v) is 5.34. The van der Waals surface area contributed by atoms with Gasteiger partial charge in [0, 0.05) is 17.7 Å². The number of carbonyl (C=O) groups excluding carboxylic acids is 2. The zero-order valence-corrected chi connectivity index (χ0v) is 12.5. The van der Waals surface area contributed by atoms with Crippen molar-refractivity contribution in [3.8, 4) is 11.5 Å². The predicted octanol–water partition coefficient (Wildman–Crippen LogP) is 1.18. The standard InChI is InChI=1S/C15H19N3O5/c1-9-12(3-2-4-14(21)17-23)18(15(22)16-9)8-10-7-11(19)5-6-13(10)20/h5-7,12,19-20,23H,1-4,8H2,(H,16,22)(H,17,21). The van der Waals surface area contributed by atoms with E-state index in [1.54, 1.807) is 5.48 Å². The van der Waals surface area contributed by atoms with E-state index in [9.17, 15) is 19.8 Å². The van der Waals surface area contributed by atoms with Crippen molar-refractivity contribution in [1.82, 2.24) is 15.7 Å². The van der Waals surface area contributed by atoms with Gasteiger partial charge < -0.3 is 20.4 Å². The molecular weight excluding hydrogens is 302 g/mol. The molecule has 1 saturated heterocycles. The molecule has 124 valence electrons. The molecule has 1 fully saturated rings. The fraction of sp³-hybridized carbons (Fsp3) is 0.333. The largest absolute Gasteiger partial charge is 0.508 e. The highest BCUT2D eigenvalue weighted by molar-refractivity contribution is 5.80. The van der Waals surface area contributed by atoms with E-state index in [0.29, 0.717) is 24.1 Å². The number of benzene rings is 1. The first-order valence-electron chi connectivity index (χ1n) is 7.12. The zero-order valence-electron chi connectivity index (χ0n) is 12.5. The zero-order chi connectivity index (χ0) is 17.0. The molecule has 8 nitrogen and oxygen atoms in total. The third-order valence-electron chi connectivity index (χ3n) is 3.72. The van der Waals surface area contributed by atoms with Crippen molar-refractivity contribution in [3.05, 3.63) is 36.0 Å². The van der Waals surface area contributed by atoms with Gasteiger partial charge in [-0.3, -0.25) is 10.0 Å².